The summed E-state index contributed by atoms with van der Waals surface area (Å²) in [6.45, 7) is 4.84. The van der Waals surface area contributed by atoms with E-state index >= 15 is 0 Å². The Bertz CT molecular complexity index is 417. The average molecular weight is 230 g/mol. The first-order valence-electron chi connectivity index (χ1n) is 5.82. The summed E-state index contributed by atoms with van der Waals surface area (Å²) in [6.07, 6.45) is 1.12. The predicted octanol–water partition coefficient (Wildman–Crippen LogP) is 2.68. The van der Waals surface area contributed by atoms with Gasteiger partial charge in [-0.2, -0.15) is 5.26 Å². The van der Waals surface area contributed by atoms with Gasteiger partial charge in [0.1, 0.15) is 0 Å². The predicted molar refractivity (Wildman–Crippen MR) is 67.2 cm³/mol. The molecule has 0 aromatic heterocycles. The summed E-state index contributed by atoms with van der Waals surface area (Å²) in [5, 5.41) is 8.49. The summed E-state index contributed by atoms with van der Waals surface area (Å²) in [5.74, 6) is 0.0542. The average Bonchev–Trinajstić information content (AvgIpc) is 2.37. The van der Waals surface area contributed by atoms with Crippen LogP contribution in [0.5, 0.6) is 0 Å². The molecule has 0 spiro atoms. The van der Waals surface area contributed by atoms with Crippen LogP contribution in [0.15, 0.2) is 24.3 Å². The summed E-state index contributed by atoms with van der Waals surface area (Å²) in [5.41, 5.74) is 2.36. The van der Waals surface area contributed by atoms with Crippen LogP contribution < -0.4 is 0 Å². The number of hydrogen-bond donors (Lipinski definition) is 0. The Balaban J connectivity index is 2.69. The van der Waals surface area contributed by atoms with Gasteiger partial charge in [-0.1, -0.05) is 38.1 Å². The second-order valence-corrected chi connectivity index (χ2v) is 4.32. The molecule has 0 bridgehead atoms. The molecule has 0 saturated carbocycles. The maximum Gasteiger partial charge on any atom is 0.325 e. The maximum absolute atomic E-state index is 11.1. The molecule has 3 heteroatoms. The van der Waals surface area contributed by atoms with E-state index < -0.39 is 5.91 Å². The minimum absolute atomic E-state index is 0.479. The number of amides is 1. The third-order valence-corrected chi connectivity index (χ3v) is 3.02. The highest BCUT2D eigenvalue weighted by Crippen LogP contribution is 2.19. The van der Waals surface area contributed by atoms with Gasteiger partial charge in [0.25, 0.3) is 0 Å². The van der Waals surface area contributed by atoms with E-state index in [0.29, 0.717) is 12.5 Å². The van der Waals surface area contributed by atoms with Crippen LogP contribution >= 0.6 is 0 Å². The van der Waals surface area contributed by atoms with Gasteiger partial charge >= 0.3 is 5.91 Å². The standard InChI is InChI=1S/C14H18N2O/c1-4-11(2)13-7-5-12(6-8-13)10-16(3)14(17)9-15/h5-8,11H,4,10H2,1-3H3. The van der Waals surface area contributed by atoms with E-state index in [1.54, 1.807) is 13.1 Å². The Morgan fingerprint density at radius 1 is 1.41 bits per heavy atom. The zero-order valence-electron chi connectivity index (χ0n) is 10.6. The number of nitrogens with zero attached hydrogens (tertiary/aromatic N) is 2. The van der Waals surface area contributed by atoms with E-state index in [4.69, 9.17) is 5.26 Å². The molecule has 0 aliphatic carbocycles. The quantitative estimate of drug-likeness (QED) is 0.746. The van der Waals surface area contributed by atoms with Gasteiger partial charge in [-0.15, -0.1) is 0 Å². The number of hydrogen-bond acceptors (Lipinski definition) is 2. The molecule has 17 heavy (non-hydrogen) atoms. The SMILES string of the molecule is CCC(C)c1ccc(CN(C)C(=O)C#N)cc1. The minimum Gasteiger partial charge on any atom is -0.329 e. The Labute approximate surface area is 103 Å². The lowest BCUT2D eigenvalue weighted by atomic mass is 9.97. The molecule has 3 nitrogen and oxygen atoms in total. The van der Waals surface area contributed by atoms with Crippen molar-refractivity contribution in [3.05, 3.63) is 35.4 Å². The van der Waals surface area contributed by atoms with E-state index in [-0.39, 0.29) is 0 Å². The molecule has 90 valence electrons. The highest BCUT2D eigenvalue weighted by Gasteiger charge is 2.08. The summed E-state index contributed by atoms with van der Waals surface area (Å²) in [6, 6.07) is 9.83. The molecule has 0 radical (unpaired) electrons. The molecular weight excluding hydrogens is 212 g/mol. The summed E-state index contributed by atoms with van der Waals surface area (Å²) in [7, 11) is 1.63. The van der Waals surface area contributed by atoms with Crippen molar-refractivity contribution in [2.75, 3.05) is 7.05 Å². The number of carbonyl (C=O) groups is 1. The maximum atomic E-state index is 11.1. The molecular formula is C14H18N2O. The first kappa shape index (κ1) is 13.2. The van der Waals surface area contributed by atoms with Crippen molar-refractivity contribution in [1.29, 1.82) is 5.26 Å². The molecule has 0 heterocycles. The summed E-state index contributed by atoms with van der Waals surface area (Å²) < 4.78 is 0. The van der Waals surface area contributed by atoms with Gasteiger partial charge in [-0.25, -0.2) is 0 Å². The fourth-order valence-corrected chi connectivity index (χ4v) is 1.62. The highest BCUT2D eigenvalue weighted by molar-refractivity contribution is 5.90. The van der Waals surface area contributed by atoms with Crippen LogP contribution in [-0.2, 0) is 11.3 Å². The Morgan fingerprint density at radius 3 is 2.47 bits per heavy atom. The number of nitriles is 1. The van der Waals surface area contributed by atoms with E-state index in [9.17, 15) is 4.79 Å². The van der Waals surface area contributed by atoms with Gasteiger partial charge in [0.05, 0.1) is 0 Å². The van der Waals surface area contributed by atoms with Gasteiger partial charge in [-0.05, 0) is 23.5 Å². The zero-order valence-corrected chi connectivity index (χ0v) is 10.6. The minimum atomic E-state index is -0.504. The monoisotopic (exact) mass is 230 g/mol. The fraction of sp³-hybridized carbons (Fsp3) is 0.429. The second kappa shape index (κ2) is 6.05. The lowest BCUT2D eigenvalue weighted by Crippen LogP contribution is -2.24. The summed E-state index contributed by atoms with van der Waals surface area (Å²) >= 11 is 0. The third kappa shape index (κ3) is 3.60. The Kier molecular flexibility index (Phi) is 4.71. The van der Waals surface area contributed by atoms with Crippen LogP contribution in [0.4, 0.5) is 0 Å². The number of rotatable bonds is 4. The Hall–Kier alpha value is -1.82. The van der Waals surface area contributed by atoms with E-state index in [1.165, 1.54) is 10.5 Å². The van der Waals surface area contributed by atoms with Crippen molar-refractivity contribution in [2.24, 2.45) is 0 Å². The van der Waals surface area contributed by atoms with Crippen molar-refractivity contribution >= 4 is 5.91 Å². The van der Waals surface area contributed by atoms with Crippen molar-refractivity contribution in [3.63, 3.8) is 0 Å². The lowest BCUT2D eigenvalue weighted by Gasteiger charge is -2.14. The number of benzene rings is 1. The van der Waals surface area contributed by atoms with E-state index in [0.717, 1.165) is 12.0 Å². The van der Waals surface area contributed by atoms with E-state index in [1.807, 2.05) is 12.1 Å². The van der Waals surface area contributed by atoms with Crippen LogP contribution in [0.25, 0.3) is 0 Å². The van der Waals surface area contributed by atoms with Crippen molar-refractivity contribution in [2.45, 2.75) is 32.7 Å². The Morgan fingerprint density at radius 2 is 2.00 bits per heavy atom. The molecule has 1 amide bonds. The lowest BCUT2D eigenvalue weighted by molar-refractivity contribution is -0.124. The molecule has 1 atom stereocenters. The normalized spacial score (nSPS) is 11.6. The van der Waals surface area contributed by atoms with E-state index in [2.05, 4.69) is 26.0 Å². The molecule has 1 aromatic carbocycles. The molecule has 1 rings (SSSR count). The van der Waals surface area contributed by atoms with Crippen LogP contribution in [0.3, 0.4) is 0 Å². The molecule has 1 aromatic rings. The fourth-order valence-electron chi connectivity index (χ4n) is 1.62. The van der Waals surface area contributed by atoms with Crippen molar-refractivity contribution in [3.8, 4) is 6.07 Å². The first-order chi connectivity index (χ1) is 8.08. The third-order valence-electron chi connectivity index (χ3n) is 3.02. The van der Waals surface area contributed by atoms with Gasteiger partial charge < -0.3 is 4.90 Å². The smallest absolute Gasteiger partial charge is 0.325 e. The molecule has 0 saturated heterocycles. The second-order valence-electron chi connectivity index (χ2n) is 4.32. The topological polar surface area (TPSA) is 44.1 Å². The molecule has 0 aliphatic heterocycles. The largest absolute Gasteiger partial charge is 0.329 e. The van der Waals surface area contributed by atoms with Crippen LogP contribution in [0, 0.1) is 11.3 Å². The van der Waals surface area contributed by atoms with Gasteiger partial charge in [-0.3, -0.25) is 4.79 Å². The first-order valence-corrected chi connectivity index (χ1v) is 5.82. The molecule has 0 fully saturated rings. The van der Waals surface area contributed by atoms with Crippen molar-refractivity contribution < 1.29 is 4.79 Å². The molecule has 0 N–H and O–H groups in total. The van der Waals surface area contributed by atoms with Crippen LogP contribution in [-0.4, -0.2) is 17.9 Å². The molecule has 0 aliphatic rings. The van der Waals surface area contributed by atoms with Crippen LogP contribution in [0.2, 0.25) is 0 Å². The van der Waals surface area contributed by atoms with Crippen molar-refractivity contribution in [1.82, 2.24) is 4.90 Å². The highest BCUT2D eigenvalue weighted by atomic mass is 16.2. The van der Waals surface area contributed by atoms with Gasteiger partial charge in [0, 0.05) is 13.6 Å². The number of carbonyl (C=O) groups excluding carboxylic acids is 1. The zero-order chi connectivity index (χ0) is 12.8. The van der Waals surface area contributed by atoms with Crippen LogP contribution in [0.1, 0.15) is 37.3 Å². The van der Waals surface area contributed by atoms with Gasteiger partial charge in [0.15, 0.2) is 6.07 Å². The van der Waals surface area contributed by atoms with Gasteiger partial charge in [0.2, 0.25) is 0 Å². The molecule has 1 unspecified atom stereocenters. The summed E-state index contributed by atoms with van der Waals surface area (Å²) in [4.78, 5) is 12.5.